The number of pyridine rings is 3. The van der Waals surface area contributed by atoms with Crippen molar-refractivity contribution in [3.63, 3.8) is 0 Å². The Morgan fingerprint density at radius 2 is 1.87 bits per heavy atom. The van der Waals surface area contributed by atoms with Gasteiger partial charge in [-0.3, -0.25) is 24.1 Å². The molecule has 0 saturated heterocycles. The van der Waals surface area contributed by atoms with Crippen LogP contribution < -0.4 is 10.3 Å². The maximum absolute atomic E-state index is 14.2. The molecule has 0 aliphatic heterocycles. The number of hydrogen-bond acceptors (Lipinski definition) is 7. The van der Waals surface area contributed by atoms with Crippen molar-refractivity contribution in [2.24, 2.45) is 0 Å². The minimum absolute atomic E-state index is 0.0198. The number of aromatic nitrogens is 5. The van der Waals surface area contributed by atoms with Crippen LogP contribution >= 0.6 is 11.6 Å². The average Bonchev–Trinajstić information content (AvgIpc) is 2.91. The number of halogens is 3. The van der Waals surface area contributed by atoms with Crippen molar-refractivity contribution in [3.8, 4) is 22.8 Å². The molecule has 0 bridgehead atoms. The van der Waals surface area contributed by atoms with E-state index in [1.807, 2.05) is 0 Å². The van der Waals surface area contributed by atoms with E-state index in [1.165, 1.54) is 16.8 Å². The monoisotopic (exact) mass is 555 g/mol. The van der Waals surface area contributed by atoms with Gasteiger partial charge >= 0.3 is 0 Å². The topological polar surface area (TPSA) is 99.9 Å². The van der Waals surface area contributed by atoms with Gasteiger partial charge in [0.25, 0.3) is 5.56 Å². The summed E-state index contributed by atoms with van der Waals surface area (Å²) >= 11 is 6.33. The Morgan fingerprint density at radius 1 is 1.13 bits per heavy atom. The van der Waals surface area contributed by atoms with Gasteiger partial charge in [0.2, 0.25) is 0 Å². The fourth-order valence-electron chi connectivity index (χ4n) is 3.91. The number of Topliss-reactive ketones (excluding diaryl/α,β-unsaturated/α-hetero) is 1. The molecule has 11 heteroatoms. The quantitative estimate of drug-likeness (QED) is 0.284. The van der Waals surface area contributed by atoms with Gasteiger partial charge in [0.1, 0.15) is 40.4 Å². The maximum atomic E-state index is 14.2. The third-order valence-electron chi connectivity index (χ3n) is 6.18. The molecule has 0 unspecified atom stereocenters. The van der Waals surface area contributed by atoms with E-state index in [0.717, 1.165) is 0 Å². The minimum Gasteiger partial charge on any atom is -0.485 e. The number of ketones is 1. The highest BCUT2D eigenvalue weighted by atomic mass is 35.5. The van der Waals surface area contributed by atoms with Crippen LogP contribution in [0.1, 0.15) is 52.7 Å². The first-order chi connectivity index (χ1) is 19.2. The SMILES string of the molecule is [2H]C([2H])(Oc1cc(C)n(-c2cc(-c3ccnc(C(C)(C)C(=O)CC)n3)ncc2C)c(=O)c1Cl)c1ncc(F)cc1F. The summed E-state index contributed by atoms with van der Waals surface area (Å²) < 4.78 is 50.4. The Hall–Kier alpha value is -4.05. The van der Waals surface area contributed by atoms with Gasteiger partial charge in [-0.1, -0.05) is 18.5 Å². The van der Waals surface area contributed by atoms with E-state index in [0.29, 0.717) is 52.8 Å². The molecule has 8 nitrogen and oxygen atoms in total. The number of aryl methyl sites for hydroxylation is 2. The second-order valence-electron chi connectivity index (χ2n) is 9.32. The molecule has 0 atom stereocenters. The molecule has 4 aromatic rings. The van der Waals surface area contributed by atoms with Crippen LogP contribution in [0.25, 0.3) is 17.1 Å². The summed E-state index contributed by atoms with van der Waals surface area (Å²) in [5, 5.41) is -0.469. The summed E-state index contributed by atoms with van der Waals surface area (Å²) in [6.07, 6.45) is 4.07. The van der Waals surface area contributed by atoms with Crippen molar-refractivity contribution < 1.29 is 21.1 Å². The third kappa shape index (κ3) is 5.56. The van der Waals surface area contributed by atoms with Crippen molar-refractivity contribution in [2.75, 3.05) is 0 Å². The molecule has 0 aliphatic rings. The zero-order chi connectivity index (χ0) is 30.3. The Bertz CT molecular complexity index is 1730. The largest absolute Gasteiger partial charge is 0.485 e. The lowest BCUT2D eigenvalue weighted by molar-refractivity contribution is -0.123. The summed E-state index contributed by atoms with van der Waals surface area (Å²) in [5.74, 6) is -2.27. The normalized spacial score (nSPS) is 12.6. The molecular weight excluding hydrogens is 528 g/mol. The van der Waals surface area contributed by atoms with E-state index in [2.05, 4.69) is 19.9 Å². The van der Waals surface area contributed by atoms with Crippen LogP contribution in [0.5, 0.6) is 5.75 Å². The zero-order valence-corrected chi connectivity index (χ0v) is 22.6. The Balaban J connectivity index is 1.77. The highest BCUT2D eigenvalue weighted by molar-refractivity contribution is 6.31. The van der Waals surface area contributed by atoms with Crippen LogP contribution in [0.4, 0.5) is 8.78 Å². The molecule has 0 radical (unpaired) electrons. The predicted octanol–water partition coefficient (Wildman–Crippen LogP) is 5.47. The fraction of sp³-hybridized carbons (Fsp3) is 0.286. The molecule has 4 aromatic heterocycles. The smallest absolute Gasteiger partial charge is 0.277 e. The number of ether oxygens (including phenoxy) is 1. The van der Waals surface area contributed by atoms with Crippen LogP contribution in [0.15, 0.2) is 47.7 Å². The van der Waals surface area contributed by atoms with Crippen molar-refractivity contribution in [2.45, 2.75) is 53.0 Å². The van der Waals surface area contributed by atoms with Gasteiger partial charge in [-0.15, -0.1) is 0 Å². The van der Waals surface area contributed by atoms with Crippen LogP contribution in [0.2, 0.25) is 5.02 Å². The first-order valence-corrected chi connectivity index (χ1v) is 12.3. The van der Waals surface area contributed by atoms with E-state index < -0.39 is 39.9 Å². The minimum atomic E-state index is -2.87. The first kappa shape index (κ1) is 25.2. The Kier molecular flexibility index (Phi) is 7.10. The fourth-order valence-corrected chi connectivity index (χ4v) is 4.09. The molecule has 0 fully saturated rings. The van der Waals surface area contributed by atoms with Gasteiger partial charge in [-0.2, -0.15) is 0 Å². The van der Waals surface area contributed by atoms with Crippen LogP contribution in [-0.4, -0.2) is 30.3 Å². The molecule has 0 aromatic carbocycles. The van der Waals surface area contributed by atoms with Gasteiger partial charge in [-0.25, -0.2) is 18.7 Å². The lowest BCUT2D eigenvalue weighted by Gasteiger charge is -2.21. The standard InChI is InChI=1S/C28H26ClF2N5O3/c1-6-24(37)28(4,5)27-32-8-7-19(35-27)20-11-22(15(2)12-33-20)36-16(3)9-23(25(29)26(36)38)39-14-21-18(31)10-17(30)13-34-21/h7-13H,6,14H2,1-5H3/i14D2. The van der Waals surface area contributed by atoms with E-state index >= 15 is 0 Å². The van der Waals surface area contributed by atoms with E-state index in [9.17, 15) is 18.4 Å². The van der Waals surface area contributed by atoms with E-state index in [1.54, 1.807) is 52.9 Å². The summed E-state index contributed by atoms with van der Waals surface area (Å²) in [5.41, 5.74) is -0.250. The number of nitrogens with zero attached hydrogens (tertiary/aromatic N) is 5. The van der Waals surface area contributed by atoms with Gasteiger partial charge < -0.3 is 4.74 Å². The average molecular weight is 556 g/mol. The van der Waals surface area contributed by atoms with Crippen LogP contribution in [0, 0.1) is 25.5 Å². The molecule has 0 spiro atoms. The van der Waals surface area contributed by atoms with E-state index in [-0.39, 0.29) is 11.5 Å². The molecule has 0 aliphatic carbocycles. The number of hydrogen-bond donors (Lipinski definition) is 0. The van der Waals surface area contributed by atoms with Gasteiger partial charge in [-0.05, 0) is 45.4 Å². The summed E-state index contributed by atoms with van der Waals surface area (Å²) in [4.78, 5) is 42.7. The van der Waals surface area contributed by atoms with Crippen LogP contribution in [0.3, 0.4) is 0 Å². The van der Waals surface area contributed by atoms with Crippen molar-refractivity contribution in [1.29, 1.82) is 0 Å². The van der Waals surface area contributed by atoms with Crippen molar-refractivity contribution in [3.05, 3.63) is 92.6 Å². The van der Waals surface area contributed by atoms with Gasteiger partial charge in [0.05, 0.1) is 31.4 Å². The number of carbonyl (C=O) groups excluding carboxylic acids is 1. The lowest BCUT2D eigenvalue weighted by atomic mass is 9.85. The van der Waals surface area contributed by atoms with Crippen molar-refractivity contribution >= 4 is 17.4 Å². The number of rotatable bonds is 8. The summed E-state index contributed by atoms with van der Waals surface area (Å²) in [7, 11) is 0. The summed E-state index contributed by atoms with van der Waals surface area (Å²) in [6, 6.07) is 5.08. The first-order valence-electron chi connectivity index (χ1n) is 12.9. The van der Waals surface area contributed by atoms with E-state index in [4.69, 9.17) is 19.1 Å². The Labute approximate surface area is 231 Å². The molecule has 4 heterocycles. The third-order valence-corrected chi connectivity index (χ3v) is 6.52. The molecule has 4 rings (SSSR count). The number of carbonyl (C=O) groups is 1. The predicted molar refractivity (Wildman–Crippen MR) is 142 cm³/mol. The summed E-state index contributed by atoms with van der Waals surface area (Å²) in [6.45, 7) is 5.73. The van der Waals surface area contributed by atoms with Gasteiger partial charge in [0, 0.05) is 36.6 Å². The van der Waals surface area contributed by atoms with Crippen molar-refractivity contribution in [1.82, 2.24) is 24.5 Å². The highest BCUT2D eigenvalue weighted by Crippen LogP contribution is 2.28. The molecule has 0 N–H and O–H groups in total. The maximum Gasteiger partial charge on any atom is 0.277 e. The molecule has 202 valence electrons. The molecular formula is C28H26ClF2N5O3. The second-order valence-corrected chi connectivity index (χ2v) is 9.69. The zero-order valence-electron chi connectivity index (χ0n) is 23.8. The van der Waals surface area contributed by atoms with Crippen LogP contribution in [-0.2, 0) is 16.8 Å². The molecule has 0 amide bonds. The lowest BCUT2D eigenvalue weighted by Crippen LogP contribution is -2.30. The van der Waals surface area contributed by atoms with Gasteiger partial charge in [0.15, 0.2) is 5.82 Å². The Morgan fingerprint density at radius 3 is 2.56 bits per heavy atom. The molecule has 39 heavy (non-hydrogen) atoms. The second kappa shape index (κ2) is 11.0. The molecule has 0 saturated carbocycles. The highest BCUT2D eigenvalue weighted by Gasteiger charge is 2.31.